The third kappa shape index (κ3) is 5.63. The molecule has 0 unspecified atom stereocenters. The Morgan fingerprint density at radius 3 is 1.00 bits per heavy atom. The van der Waals surface area contributed by atoms with E-state index in [1.54, 1.807) is 0 Å². The van der Waals surface area contributed by atoms with Gasteiger partial charge in [0, 0.05) is 12.8 Å². The highest BCUT2D eigenvalue weighted by Crippen LogP contribution is 2.06. The summed E-state index contributed by atoms with van der Waals surface area (Å²) in [6.45, 7) is 4.43. The molecular formula is C14H22N4O6. The van der Waals surface area contributed by atoms with Gasteiger partial charge in [-0.05, 0) is 27.7 Å². The Morgan fingerprint density at radius 1 is 0.625 bits per heavy atom. The first-order chi connectivity index (χ1) is 10.9. The second kappa shape index (κ2) is 8.99. The zero-order valence-corrected chi connectivity index (χ0v) is 14.1. The lowest BCUT2D eigenvalue weighted by molar-refractivity contribution is -0.148. The predicted octanol–water partition coefficient (Wildman–Crippen LogP) is -1.74. The fourth-order valence-corrected chi connectivity index (χ4v) is 2.12. The number of ketones is 4. The summed E-state index contributed by atoms with van der Waals surface area (Å²) in [6, 6.07) is -2.85. The number of rotatable bonds is 9. The Bertz CT molecular complexity index is 496. The van der Waals surface area contributed by atoms with Gasteiger partial charge in [-0.3, -0.25) is 38.8 Å². The second-order valence-corrected chi connectivity index (χ2v) is 5.35. The van der Waals surface area contributed by atoms with Crippen LogP contribution in [0, 0.1) is 0 Å². The van der Waals surface area contributed by atoms with Crippen molar-refractivity contribution in [1.29, 1.82) is 0 Å². The van der Waals surface area contributed by atoms with Gasteiger partial charge in [-0.2, -0.15) is 0 Å². The van der Waals surface area contributed by atoms with Crippen molar-refractivity contribution in [3.8, 4) is 0 Å². The standard InChI is InChI=1S/C14H22N4O6/c1-7(19)13(8(2)20)17(15)11(23)5-6-12(24)18(16)14(9(3)21)10(4)22/h13-14H,5-6,15-16H2,1-4H3. The number of carbonyl (C=O) groups excluding carboxylic acids is 6. The Hall–Kier alpha value is -2.46. The van der Waals surface area contributed by atoms with Crippen molar-refractivity contribution in [3.05, 3.63) is 0 Å². The molecule has 0 radical (unpaired) electrons. The van der Waals surface area contributed by atoms with Gasteiger partial charge in [0.05, 0.1) is 0 Å². The van der Waals surface area contributed by atoms with Crippen LogP contribution in [0.1, 0.15) is 40.5 Å². The molecule has 0 fully saturated rings. The van der Waals surface area contributed by atoms with Crippen LogP contribution in [0.15, 0.2) is 0 Å². The Labute approximate surface area is 139 Å². The minimum Gasteiger partial charge on any atom is -0.297 e. The summed E-state index contributed by atoms with van der Waals surface area (Å²) in [7, 11) is 0. The normalized spacial score (nSPS) is 10.5. The summed E-state index contributed by atoms with van der Waals surface area (Å²) >= 11 is 0. The van der Waals surface area contributed by atoms with Gasteiger partial charge in [0.15, 0.2) is 35.2 Å². The van der Waals surface area contributed by atoms with Crippen LogP contribution >= 0.6 is 0 Å². The highest BCUT2D eigenvalue weighted by molar-refractivity contribution is 6.07. The van der Waals surface area contributed by atoms with Crippen molar-refractivity contribution < 1.29 is 28.8 Å². The lowest BCUT2D eigenvalue weighted by atomic mass is 10.1. The SMILES string of the molecule is CC(=O)C(C(C)=O)N(N)C(=O)CCC(=O)N(N)C(C(C)=O)C(C)=O. The largest absolute Gasteiger partial charge is 0.297 e. The number of hydrazine groups is 2. The van der Waals surface area contributed by atoms with Crippen LogP contribution in [-0.2, 0) is 28.8 Å². The molecule has 0 heterocycles. The van der Waals surface area contributed by atoms with E-state index in [4.69, 9.17) is 11.7 Å². The van der Waals surface area contributed by atoms with Crippen LogP contribution in [0.4, 0.5) is 0 Å². The molecule has 0 aliphatic carbocycles. The predicted molar refractivity (Wildman–Crippen MR) is 81.6 cm³/mol. The summed E-state index contributed by atoms with van der Waals surface area (Å²) < 4.78 is 0. The van der Waals surface area contributed by atoms with Crippen LogP contribution in [0.5, 0.6) is 0 Å². The van der Waals surface area contributed by atoms with Gasteiger partial charge in [0.25, 0.3) is 0 Å². The number of hydrogen-bond acceptors (Lipinski definition) is 8. The van der Waals surface area contributed by atoms with Gasteiger partial charge >= 0.3 is 0 Å². The maximum Gasteiger partial charge on any atom is 0.238 e. The Kier molecular flexibility index (Phi) is 8.07. The highest BCUT2D eigenvalue weighted by Gasteiger charge is 2.31. The molecule has 0 saturated heterocycles. The smallest absolute Gasteiger partial charge is 0.238 e. The van der Waals surface area contributed by atoms with Gasteiger partial charge in [0.2, 0.25) is 11.8 Å². The molecule has 0 aromatic carbocycles. The van der Waals surface area contributed by atoms with Crippen LogP contribution in [-0.4, -0.2) is 57.0 Å². The van der Waals surface area contributed by atoms with Crippen molar-refractivity contribution in [2.75, 3.05) is 0 Å². The van der Waals surface area contributed by atoms with Crippen molar-refractivity contribution in [3.63, 3.8) is 0 Å². The molecule has 134 valence electrons. The second-order valence-electron chi connectivity index (χ2n) is 5.35. The summed E-state index contributed by atoms with van der Waals surface area (Å²) in [5.74, 6) is 6.82. The van der Waals surface area contributed by atoms with Gasteiger partial charge in [-0.25, -0.2) is 11.7 Å². The molecule has 0 spiro atoms. The topological polar surface area (TPSA) is 161 Å². The zero-order chi connectivity index (χ0) is 19.2. The fourth-order valence-electron chi connectivity index (χ4n) is 2.12. The maximum atomic E-state index is 11.9. The average Bonchev–Trinajstić information content (AvgIpc) is 2.42. The molecule has 0 bridgehead atoms. The van der Waals surface area contributed by atoms with E-state index in [2.05, 4.69) is 0 Å². The van der Waals surface area contributed by atoms with Crippen LogP contribution in [0.25, 0.3) is 0 Å². The summed E-state index contributed by atoms with van der Waals surface area (Å²) in [6.07, 6.45) is -0.884. The molecule has 0 aliphatic rings. The Balaban J connectivity index is 4.89. The molecule has 10 heteroatoms. The van der Waals surface area contributed by atoms with Gasteiger partial charge in [-0.15, -0.1) is 0 Å². The Morgan fingerprint density at radius 2 is 0.833 bits per heavy atom. The quantitative estimate of drug-likeness (QED) is 0.216. The van der Waals surface area contributed by atoms with E-state index in [-0.39, 0.29) is 0 Å². The number of nitrogens with two attached hydrogens (primary N) is 2. The first kappa shape index (κ1) is 21.5. The average molecular weight is 342 g/mol. The van der Waals surface area contributed by atoms with E-state index >= 15 is 0 Å². The van der Waals surface area contributed by atoms with Gasteiger partial charge in [0.1, 0.15) is 0 Å². The number of carbonyl (C=O) groups is 6. The van der Waals surface area contributed by atoms with Crippen LogP contribution in [0.2, 0.25) is 0 Å². The molecule has 4 N–H and O–H groups in total. The highest BCUT2D eigenvalue weighted by atomic mass is 16.2. The van der Waals surface area contributed by atoms with Crippen molar-refractivity contribution in [2.24, 2.45) is 11.7 Å². The molecule has 0 saturated carbocycles. The molecule has 0 rings (SSSR count). The van der Waals surface area contributed by atoms with Crippen molar-refractivity contribution in [2.45, 2.75) is 52.6 Å². The molecular weight excluding hydrogens is 320 g/mol. The zero-order valence-electron chi connectivity index (χ0n) is 14.1. The monoisotopic (exact) mass is 342 g/mol. The van der Waals surface area contributed by atoms with E-state index in [9.17, 15) is 28.8 Å². The van der Waals surface area contributed by atoms with E-state index < -0.39 is 59.9 Å². The summed E-state index contributed by atoms with van der Waals surface area (Å²) in [5, 5.41) is 0.929. The number of nitrogens with zero attached hydrogens (tertiary/aromatic N) is 2. The molecule has 0 aliphatic heterocycles. The minimum absolute atomic E-state index is 0.442. The molecule has 0 atom stereocenters. The third-order valence-corrected chi connectivity index (χ3v) is 3.23. The fraction of sp³-hybridized carbons (Fsp3) is 0.571. The van der Waals surface area contributed by atoms with Crippen LogP contribution < -0.4 is 11.7 Å². The van der Waals surface area contributed by atoms with E-state index in [1.807, 2.05) is 0 Å². The first-order valence-electron chi connectivity index (χ1n) is 7.07. The summed E-state index contributed by atoms with van der Waals surface area (Å²) in [5.41, 5.74) is 0. The molecule has 10 nitrogen and oxygen atoms in total. The maximum absolute atomic E-state index is 11.9. The molecule has 0 aromatic heterocycles. The number of Topliss-reactive ketones (excluding diaryl/α,β-unsaturated/α-hetero) is 4. The van der Waals surface area contributed by atoms with Crippen molar-refractivity contribution in [1.82, 2.24) is 10.0 Å². The van der Waals surface area contributed by atoms with Crippen molar-refractivity contribution >= 4 is 34.9 Å². The third-order valence-electron chi connectivity index (χ3n) is 3.23. The minimum atomic E-state index is -1.43. The summed E-state index contributed by atoms with van der Waals surface area (Å²) in [4.78, 5) is 69.2. The molecule has 0 aromatic rings. The van der Waals surface area contributed by atoms with E-state index in [0.717, 1.165) is 27.7 Å². The van der Waals surface area contributed by atoms with E-state index in [0.29, 0.717) is 10.0 Å². The first-order valence-corrected chi connectivity index (χ1v) is 7.07. The lowest BCUT2D eigenvalue weighted by Crippen LogP contribution is -2.54. The molecule has 24 heavy (non-hydrogen) atoms. The lowest BCUT2D eigenvalue weighted by Gasteiger charge is -2.25. The number of amides is 2. The van der Waals surface area contributed by atoms with Gasteiger partial charge < -0.3 is 0 Å². The van der Waals surface area contributed by atoms with E-state index in [1.165, 1.54) is 0 Å². The van der Waals surface area contributed by atoms with Crippen LogP contribution in [0.3, 0.4) is 0 Å². The molecule has 2 amide bonds. The number of hydrogen-bond donors (Lipinski definition) is 2. The van der Waals surface area contributed by atoms with Gasteiger partial charge in [-0.1, -0.05) is 0 Å².